The van der Waals surface area contributed by atoms with Crippen molar-refractivity contribution in [2.45, 2.75) is 43.9 Å². The van der Waals surface area contributed by atoms with Gasteiger partial charge in [-0.1, -0.05) is 0 Å². The van der Waals surface area contributed by atoms with Gasteiger partial charge >= 0.3 is 18.2 Å². The predicted octanol–water partition coefficient (Wildman–Crippen LogP) is 0.747. The first-order valence-electron chi connectivity index (χ1n) is 6.39. The second-order valence-corrected chi connectivity index (χ2v) is 4.54. The van der Waals surface area contributed by atoms with Crippen LogP contribution in [0.3, 0.4) is 0 Å². The van der Waals surface area contributed by atoms with Gasteiger partial charge in [0.25, 0.3) is 0 Å². The quantitative estimate of drug-likeness (QED) is 0.521. The third-order valence-corrected chi connectivity index (χ3v) is 2.87. The molecule has 0 radical (unpaired) electrons. The zero-order valence-corrected chi connectivity index (χ0v) is 11.3. The van der Waals surface area contributed by atoms with Gasteiger partial charge in [-0.2, -0.15) is 13.2 Å². The summed E-state index contributed by atoms with van der Waals surface area (Å²) in [5.74, 6) is -2.76. The zero-order valence-electron chi connectivity index (χ0n) is 11.3. The maximum Gasteiger partial charge on any atom is 0.490 e. The molecule has 1 aliphatic rings. The zero-order chi connectivity index (χ0) is 16.5. The molecule has 0 bridgehead atoms. The van der Waals surface area contributed by atoms with Crippen LogP contribution in [0, 0.1) is 0 Å². The third-order valence-electron chi connectivity index (χ3n) is 2.87. The van der Waals surface area contributed by atoms with E-state index in [-0.39, 0.29) is 6.04 Å². The molecule has 0 aromatic carbocycles. The summed E-state index contributed by atoms with van der Waals surface area (Å²) in [7, 11) is 0. The Bertz CT molecular complexity index is 331. The lowest BCUT2D eigenvalue weighted by atomic mass is 9.91. The number of carboxylic acids is 1. The Morgan fingerprint density at radius 1 is 1.10 bits per heavy atom. The molecular formula is C11H20F3N3O4. The summed E-state index contributed by atoms with van der Waals surface area (Å²) in [6.45, 7) is 1.51. The maximum atomic E-state index is 10.6. The van der Waals surface area contributed by atoms with Gasteiger partial charge in [0.05, 0.1) is 0 Å². The highest BCUT2D eigenvalue weighted by Crippen LogP contribution is 2.18. The second kappa shape index (κ2) is 9.40. The van der Waals surface area contributed by atoms with E-state index >= 15 is 0 Å². The largest absolute Gasteiger partial charge is 0.490 e. The van der Waals surface area contributed by atoms with Gasteiger partial charge in [-0.25, -0.2) is 9.59 Å². The van der Waals surface area contributed by atoms with Crippen LogP contribution in [0.1, 0.15) is 25.7 Å². The van der Waals surface area contributed by atoms with Crippen LogP contribution in [-0.2, 0) is 4.79 Å². The average molecular weight is 315 g/mol. The minimum atomic E-state index is -5.08. The van der Waals surface area contributed by atoms with Crippen LogP contribution in [0.5, 0.6) is 0 Å². The Balaban J connectivity index is 0.000000486. The first-order chi connectivity index (χ1) is 9.66. The van der Waals surface area contributed by atoms with Crippen molar-refractivity contribution in [3.8, 4) is 0 Å². The van der Waals surface area contributed by atoms with E-state index in [4.69, 9.17) is 20.7 Å². The predicted molar refractivity (Wildman–Crippen MR) is 68.0 cm³/mol. The summed E-state index contributed by atoms with van der Waals surface area (Å²) in [5.41, 5.74) is 5.39. The summed E-state index contributed by atoms with van der Waals surface area (Å²) in [4.78, 5) is 19.3. The molecule has 21 heavy (non-hydrogen) atoms. The number of halogens is 3. The van der Waals surface area contributed by atoms with Crippen LogP contribution in [0.25, 0.3) is 0 Å². The lowest BCUT2D eigenvalue weighted by Gasteiger charge is -2.28. The fourth-order valence-electron chi connectivity index (χ4n) is 1.90. The number of alkyl halides is 3. The van der Waals surface area contributed by atoms with Gasteiger partial charge in [-0.15, -0.1) is 0 Å². The van der Waals surface area contributed by atoms with Crippen molar-refractivity contribution >= 4 is 12.1 Å². The summed E-state index contributed by atoms with van der Waals surface area (Å²) in [6, 6.07) is 0.661. The van der Waals surface area contributed by atoms with Crippen LogP contribution >= 0.6 is 0 Å². The second-order valence-electron chi connectivity index (χ2n) is 4.54. The number of hydrogen-bond donors (Lipinski definition) is 5. The van der Waals surface area contributed by atoms with Gasteiger partial charge in [-0.05, 0) is 25.7 Å². The van der Waals surface area contributed by atoms with Crippen LogP contribution < -0.4 is 16.4 Å². The van der Waals surface area contributed by atoms with Crippen LogP contribution in [0.4, 0.5) is 18.0 Å². The Labute approximate surface area is 119 Å². The van der Waals surface area contributed by atoms with Crippen molar-refractivity contribution in [3.63, 3.8) is 0 Å². The van der Waals surface area contributed by atoms with Crippen molar-refractivity contribution < 1.29 is 33.0 Å². The van der Waals surface area contributed by atoms with E-state index in [1.807, 2.05) is 0 Å². The molecule has 1 aliphatic carbocycles. The molecule has 0 unspecified atom stereocenters. The van der Waals surface area contributed by atoms with E-state index in [0.717, 1.165) is 32.2 Å². The highest BCUT2D eigenvalue weighted by molar-refractivity contribution is 5.73. The molecule has 1 rings (SSSR count). The first-order valence-corrected chi connectivity index (χ1v) is 6.39. The van der Waals surface area contributed by atoms with Gasteiger partial charge in [0.15, 0.2) is 0 Å². The smallest absolute Gasteiger partial charge is 0.475 e. The SMILES string of the molecule is NCCNC1CCC(NC(=O)O)CC1.O=C(O)C(F)(F)F. The summed E-state index contributed by atoms with van der Waals surface area (Å²) in [5, 5.41) is 21.5. The number of carboxylic acid groups (broad SMARTS) is 2. The molecular weight excluding hydrogens is 295 g/mol. The molecule has 1 fully saturated rings. The Morgan fingerprint density at radius 3 is 1.86 bits per heavy atom. The van der Waals surface area contributed by atoms with Gasteiger partial charge < -0.3 is 26.6 Å². The lowest BCUT2D eigenvalue weighted by Crippen LogP contribution is -2.42. The highest BCUT2D eigenvalue weighted by Gasteiger charge is 2.38. The Kier molecular flexibility index (Phi) is 8.70. The molecule has 10 heteroatoms. The molecule has 0 aromatic heterocycles. The molecule has 0 aromatic rings. The van der Waals surface area contributed by atoms with Crippen LogP contribution in [0.15, 0.2) is 0 Å². The molecule has 0 aliphatic heterocycles. The number of nitrogens with one attached hydrogen (secondary N) is 2. The normalized spacial score (nSPS) is 21.9. The van der Waals surface area contributed by atoms with Gasteiger partial charge in [-0.3, -0.25) is 0 Å². The van der Waals surface area contributed by atoms with E-state index in [1.54, 1.807) is 0 Å². The maximum absolute atomic E-state index is 10.6. The number of carbonyl (C=O) groups is 2. The standard InChI is InChI=1S/C9H19N3O2.C2HF3O2/c10-5-6-11-7-1-3-8(4-2-7)12-9(13)14;3-2(4,5)1(6)7/h7-8,11-12H,1-6,10H2,(H,13,14);(H,6,7). The summed E-state index contributed by atoms with van der Waals surface area (Å²) < 4.78 is 31.7. The molecule has 0 atom stereocenters. The summed E-state index contributed by atoms with van der Waals surface area (Å²) >= 11 is 0. The molecule has 7 nitrogen and oxygen atoms in total. The minimum Gasteiger partial charge on any atom is -0.475 e. The van der Waals surface area contributed by atoms with E-state index in [2.05, 4.69) is 10.6 Å². The van der Waals surface area contributed by atoms with Gasteiger partial charge in [0.1, 0.15) is 0 Å². The third kappa shape index (κ3) is 9.91. The first kappa shape index (κ1) is 19.4. The van der Waals surface area contributed by atoms with Crippen molar-refractivity contribution in [1.82, 2.24) is 10.6 Å². The molecule has 0 heterocycles. The molecule has 0 saturated heterocycles. The Morgan fingerprint density at radius 2 is 1.52 bits per heavy atom. The van der Waals surface area contributed by atoms with Gasteiger partial charge in [0.2, 0.25) is 0 Å². The van der Waals surface area contributed by atoms with E-state index in [0.29, 0.717) is 12.6 Å². The topological polar surface area (TPSA) is 125 Å². The van der Waals surface area contributed by atoms with Crippen LogP contribution in [0.2, 0.25) is 0 Å². The number of amides is 1. The van der Waals surface area contributed by atoms with E-state index in [9.17, 15) is 18.0 Å². The van der Waals surface area contributed by atoms with Crippen molar-refractivity contribution in [1.29, 1.82) is 0 Å². The minimum absolute atomic E-state index is 0.142. The number of rotatable bonds is 4. The fourth-order valence-corrected chi connectivity index (χ4v) is 1.90. The molecule has 6 N–H and O–H groups in total. The molecule has 0 spiro atoms. The van der Waals surface area contributed by atoms with Crippen molar-refractivity contribution in [2.75, 3.05) is 13.1 Å². The lowest BCUT2D eigenvalue weighted by molar-refractivity contribution is -0.192. The van der Waals surface area contributed by atoms with E-state index in [1.165, 1.54) is 0 Å². The highest BCUT2D eigenvalue weighted by atomic mass is 19.4. The van der Waals surface area contributed by atoms with Crippen LogP contribution in [-0.4, -0.2) is 53.6 Å². The van der Waals surface area contributed by atoms with Crippen molar-refractivity contribution in [2.24, 2.45) is 5.73 Å². The molecule has 1 amide bonds. The number of aliphatic carboxylic acids is 1. The van der Waals surface area contributed by atoms with Crippen molar-refractivity contribution in [3.05, 3.63) is 0 Å². The number of hydrogen-bond acceptors (Lipinski definition) is 4. The Hall–Kier alpha value is -1.55. The number of nitrogens with two attached hydrogens (primary N) is 1. The van der Waals surface area contributed by atoms with Gasteiger partial charge in [0, 0.05) is 25.2 Å². The molecule has 1 saturated carbocycles. The summed E-state index contributed by atoms with van der Waals surface area (Å²) in [6.07, 6.45) is -2.08. The monoisotopic (exact) mass is 315 g/mol. The average Bonchev–Trinajstić information content (AvgIpc) is 2.37. The fraction of sp³-hybridized carbons (Fsp3) is 0.818. The molecule has 124 valence electrons. The van der Waals surface area contributed by atoms with E-state index < -0.39 is 18.2 Å².